The first-order valence-electron chi connectivity index (χ1n) is 9.04. The number of aliphatic hydroxyl groups is 1. The summed E-state index contributed by atoms with van der Waals surface area (Å²) in [6.45, 7) is 3.51. The second-order valence-electron chi connectivity index (χ2n) is 7.09. The average Bonchev–Trinajstić information content (AvgIpc) is 3.27. The van der Waals surface area contributed by atoms with Crippen LogP contribution in [-0.4, -0.2) is 10.9 Å². The second-order valence-corrected chi connectivity index (χ2v) is 8.26. The van der Waals surface area contributed by atoms with Crippen molar-refractivity contribution in [3.05, 3.63) is 87.6 Å². The molecule has 0 spiro atoms. The quantitative estimate of drug-likeness (QED) is 0.491. The summed E-state index contributed by atoms with van der Waals surface area (Å²) in [6.07, 6.45) is -3.42. The topological polar surface area (TPSA) is 37.3 Å². The lowest BCUT2D eigenvalue weighted by Gasteiger charge is -2.12. The molecule has 1 N–H and O–H groups in total. The van der Waals surface area contributed by atoms with Crippen LogP contribution in [0.2, 0.25) is 0 Å². The molecular formula is C23H17F3O2S. The molecule has 0 bridgehead atoms. The lowest BCUT2D eigenvalue weighted by Crippen LogP contribution is -2.11. The summed E-state index contributed by atoms with van der Waals surface area (Å²) in [5, 5.41) is 9.50. The Bertz CT molecular complexity index is 1110. The molecule has 6 heteroatoms. The smallest absolute Gasteiger partial charge is 0.416 e. The summed E-state index contributed by atoms with van der Waals surface area (Å²) >= 11 is 1.39. The van der Waals surface area contributed by atoms with Gasteiger partial charge in [0.1, 0.15) is 5.76 Å². The van der Waals surface area contributed by atoms with Gasteiger partial charge in [-0.2, -0.15) is 13.2 Å². The molecule has 0 amide bonds. The molecule has 0 aliphatic heterocycles. The first-order chi connectivity index (χ1) is 13.7. The number of thiophene rings is 1. The van der Waals surface area contributed by atoms with Gasteiger partial charge in [-0.05, 0) is 53.8 Å². The van der Waals surface area contributed by atoms with Crippen LogP contribution >= 0.6 is 11.3 Å². The Morgan fingerprint density at radius 2 is 1.83 bits per heavy atom. The first-order valence-corrected chi connectivity index (χ1v) is 9.86. The molecule has 2 aromatic carbocycles. The Labute approximate surface area is 169 Å². The third kappa shape index (κ3) is 3.72. The molecule has 1 atom stereocenters. The van der Waals surface area contributed by atoms with Crippen LogP contribution in [0, 0.1) is 5.92 Å². The van der Waals surface area contributed by atoms with Crippen LogP contribution in [0.3, 0.4) is 0 Å². The van der Waals surface area contributed by atoms with Gasteiger partial charge in [0.15, 0.2) is 5.78 Å². The fourth-order valence-corrected chi connectivity index (χ4v) is 4.74. The van der Waals surface area contributed by atoms with Crippen LogP contribution < -0.4 is 0 Å². The number of Topliss-reactive ketones (excluding diaryl/α,β-unsaturated/α-hetero) is 1. The normalized spacial score (nSPS) is 16.1. The van der Waals surface area contributed by atoms with Crippen LogP contribution in [0.1, 0.15) is 31.2 Å². The number of carbonyl (C=O) groups is 1. The van der Waals surface area contributed by atoms with E-state index < -0.39 is 11.7 Å². The van der Waals surface area contributed by atoms with Gasteiger partial charge in [-0.15, -0.1) is 11.3 Å². The maximum absolute atomic E-state index is 13.1. The monoisotopic (exact) mass is 414 g/mol. The van der Waals surface area contributed by atoms with E-state index in [4.69, 9.17) is 0 Å². The molecule has 29 heavy (non-hydrogen) atoms. The number of aliphatic hydroxyl groups excluding tert-OH is 1. The molecule has 148 valence electrons. The van der Waals surface area contributed by atoms with Crippen molar-refractivity contribution in [1.29, 1.82) is 0 Å². The summed E-state index contributed by atoms with van der Waals surface area (Å²) in [7, 11) is 0. The minimum atomic E-state index is -4.42. The number of ketones is 1. The van der Waals surface area contributed by atoms with Gasteiger partial charge in [0, 0.05) is 16.4 Å². The van der Waals surface area contributed by atoms with E-state index in [-0.39, 0.29) is 17.5 Å². The fraction of sp³-hybridized carbons (Fsp3) is 0.174. The van der Waals surface area contributed by atoms with E-state index in [0.717, 1.165) is 22.6 Å². The van der Waals surface area contributed by atoms with Crippen molar-refractivity contribution in [3.8, 4) is 11.1 Å². The molecule has 0 saturated carbocycles. The van der Waals surface area contributed by atoms with Crippen molar-refractivity contribution < 1.29 is 23.1 Å². The standard InChI is InChI=1S/C23H17F3O2S/c1-13(27)21-9-8-17(29-21)11-15-12-20-18(6-3-7-19(20)22(15)28)14-4-2-5-16(10-14)23(24,25)26/h2-10,15,27H,1,11-12H2. The third-order valence-corrected chi connectivity index (χ3v) is 6.31. The Morgan fingerprint density at radius 3 is 2.52 bits per heavy atom. The highest BCUT2D eigenvalue weighted by molar-refractivity contribution is 7.13. The van der Waals surface area contributed by atoms with Gasteiger partial charge in [-0.25, -0.2) is 0 Å². The molecule has 1 aliphatic carbocycles. The van der Waals surface area contributed by atoms with Gasteiger partial charge in [0.25, 0.3) is 0 Å². The minimum Gasteiger partial charge on any atom is -0.507 e. The molecule has 2 nitrogen and oxygen atoms in total. The molecule has 3 aromatic rings. The van der Waals surface area contributed by atoms with E-state index in [1.54, 1.807) is 30.3 Å². The highest BCUT2D eigenvalue weighted by Gasteiger charge is 2.34. The van der Waals surface area contributed by atoms with Crippen LogP contribution in [0.25, 0.3) is 16.9 Å². The summed E-state index contributed by atoms with van der Waals surface area (Å²) in [5.74, 6) is -0.267. The summed E-state index contributed by atoms with van der Waals surface area (Å²) in [4.78, 5) is 14.5. The molecule has 0 saturated heterocycles. The number of fused-ring (bicyclic) bond motifs is 1. The number of rotatable bonds is 4. The Hall–Kier alpha value is -2.86. The van der Waals surface area contributed by atoms with E-state index in [9.17, 15) is 23.1 Å². The lowest BCUT2D eigenvalue weighted by atomic mass is 9.95. The predicted octanol–water partition coefficient (Wildman–Crippen LogP) is 6.56. The maximum Gasteiger partial charge on any atom is 0.416 e. The van der Waals surface area contributed by atoms with Crippen molar-refractivity contribution >= 4 is 22.9 Å². The Morgan fingerprint density at radius 1 is 1.10 bits per heavy atom. The van der Waals surface area contributed by atoms with Crippen LogP contribution in [-0.2, 0) is 19.0 Å². The van der Waals surface area contributed by atoms with Gasteiger partial charge >= 0.3 is 6.18 Å². The molecular weight excluding hydrogens is 397 g/mol. The summed E-state index contributed by atoms with van der Waals surface area (Å²) in [6, 6.07) is 14.1. The first kappa shape index (κ1) is 19.5. The largest absolute Gasteiger partial charge is 0.507 e. The van der Waals surface area contributed by atoms with Crippen LogP contribution in [0.4, 0.5) is 13.2 Å². The van der Waals surface area contributed by atoms with Crippen LogP contribution in [0.15, 0.2) is 61.2 Å². The Balaban J connectivity index is 1.65. The zero-order valence-corrected chi connectivity index (χ0v) is 16.1. The summed E-state index contributed by atoms with van der Waals surface area (Å²) in [5.41, 5.74) is 1.79. The maximum atomic E-state index is 13.1. The minimum absolute atomic E-state index is 0.00545. The molecule has 1 heterocycles. The zero-order chi connectivity index (χ0) is 20.8. The molecule has 1 unspecified atom stereocenters. The predicted molar refractivity (Wildman–Crippen MR) is 108 cm³/mol. The SMILES string of the molecule is C=C(O)c1ccc(CC2Cc3c(cccc3-c3cccc(C(F)(F)F)c3)C2=O)s1. The van der Waals surface area contributed by atoms with E-state index in [2.05, 4.69) is 6.58 Å². The number of benzene rings is 2. The number of carbonyl (C=O) groups excluding carboxylic acids is 1. The van der Waals surface area contributed by atoms with E-state index in [1.165, 1.54) is 17.4 Å². The van der Waals surface area contributed by atoms with Crippen LogP contribution in [0.5, 0.6) is 0 Å². The van der Waals surface area contributed by atoms with Crippen molar-refractivity contribution in [1.82, 2.24) is 0 Å². The lowest BCUT2D eigenvalue weighted by molar-refractivity contribution is -0.137. The molecule has 1 aromatic heterocycles. The number of alkyl halides is 3. The fourth-order valence-electron chi connectivity index (χ4n) is 3.78. The van der Waals surface area contributed by atoms with Gasteiger partial charge in [0.05, 0.1) is 10.4 Å². The molecule has 4 rings (SSSR count). The Kier molecular flexibility index (Phi) is 4.82. The van der Waals surface area contributed by atoms with Gasteiger partial charge in [-0.3, -0.25) is 4.79 Å². The van der Waals surface area contributed by atoms with Crippen molar-refractivity contribution in [3.63, 3.8) is 0 Å². The molecule has 0 fully saturated rings. The number of hydrogen-bond donors (Lipinski definition) is 1. The van der Waals surface area contributed by atoms with Crippen molar-refractivity contribution in [2.45, 2.75) is 19.0 Å². The van der Waals surface area contributed by atoms with E-state index >= 15 is 0 Å². The summed E-state index contributed by atoms with van der Waals surface area (Å²) < 4.78 is 39.3. The highest BCUT2D eigenvalue weighted by Crippen LogP contribution is 2.39. The third-order valence-electron chi connectivity index (χ3n) is 5.16. The second kappa shape index (κ2) is 7.19. The van der Waals surface area contributed by atoms with Crippen molar-refractivity contribution in [2.24, 2.45) is 5.92 Å². The van der Waals surface area contributed by atoms with E-state index in [0.29, 0.717) is 34.4 Å². The molecule has 0 radical (unpaired) electrons. The van der Waals surface area contributed by atoms with Gasteiger partial charge in [-0.1, -0.05) is 36.9 Å². The number of hydrogen-bond acceptors (Lipinski definition) is 3. The average molecular weight is 414 g/mol. The van der Waals surface area contributed by atoms with E-state index in [1.807, 2.05) is 6.07 Å². The van der Waals surface area contributed by atoms with Gasteiger partial charge in [0.2, 0.25) is 0 Å². The number of halogens is 3. The van der Waals surface area contributed by atoms with Gasteiger partial charge < -0.3 is 5.11 Å². The zero-order valence-electron chi connectivity index (χ0n) is 15.3. The van der Waals surface area contributed by atoms with Crippen molar-refractivity contribution in [2.75, 3.05) is 0 Å². The highest BCUT2D eigenvalue weighted by atomic mass is 32.1. The molecule has 1 aliphatic rings.